The summed E-state index contributed by atoms with van der Waals surface area (Å²) in [7, 11) is 0.111. The van der Waals surface area contributed by atoms with Crippen molar-refractivity contribution in [1.82, 2.24) is 9.80 Å². The van der Waals surface area contributed by atoms with E-state index in [1.807, 2.05) is 36.2 Å². The van der Waals surface area contributed by atoms with Gasteiger partial charge in [0.1, 0.15) is 0 Å². The molecule has 1 aromatic carbocycles. The average molecular weight is 496 g/mol. The smallest absolute Gasteiger partial charge is 0.253 e. The quantitative estimate of drug-likeness (QED) is 0.475. The van der Waals surface area contributed by atoms with Crippen LogP contribution in [0.2, 0.25) is 18.1 Å². The Kier molecular flexibility index (Phi) is 7.53. The molecule has 0 unspecified atom stereocenters. The first-order valence-electron chi connectivity index (χ1n) is 11.5. The van der Waals surface area contributed by atoms with E-state index in [0.29, 0.717) is 6.04 Å². The van der Waals surface area contributed by atoms with Crippen LogP contribution in [0.25, 0.3) is 0 Å². The van der Waals surface area contributed by atoms with Crippen LogP contribution < -0.4 is 0 Å². The third kappa shape index (κ3) is 5.20. The minimum Gasteiger partial charge on any atom is -0.412 e. The van der Waals surface area contributed by atoms with Gasteiger partial charge in [-0.3, -0.25) is 9.69 Å². The van der Waals surface area contributed by atoms with E-state index in [0.717, 1.165) is 42.4 Å². The van der Waals surface area contributed by atoms with Crippen molar-refractivity contribution < 1.29 is 9.22 Å². The second kappa shape index (κ2) is 9.43. The zero-order valence-electron chi connectivity index (χ0n) is 19.6. The molecule has 1 aliphatic heterocycles. The number of rotatable bonds is 5. The Morgan fingerprint density at radius 3 is 2.27 bits per heavy atom. The zero-order chi connectivity index (χ0) is 22.1. The molecule has 3 atom stereocenters. The van der Waals surface area contributed by atoms with Crippen molar-refractivity contribution in [3.05, 3.63) is 34.3 Å². The molecule has 1 aliphatic carbocycles. The first-order chi connectivity index (χ1) is 14.0. The summed E-state index contributed by atoms with van der Waals surface area (Å²) in [5.74, 6) is 0.115. The van der Waals surface area contributed by atoms with Crippen molar-refractivity contribution in [3.8, 4) is 0 Å². The number of likely N-dealkylation sites (tertiary alicyclic amines) is 1. The van der Waals surface area contributed by atoms with E-state index in [9.17, 15) is 4.79 Å². The largest absolute Gasteiger partial charge is 0.412 e. The van der Waals surface area contributed by atoms with E-state index in [1.165, 1.54) is 12.8 Å². The molecule has 30 heavy (non-hydrogen) atoms. The molecule has 2 fully saturated rings. The SMILES string of the molecule is CN(C(=O)c1ccc(Br)cc1)[C@H]1CCC[C@@H](O[Si](C)(C)C(C)(C)C)[C@@H]1N1CCCC1. The molecule has 3 rings (SSSR count). The van der Waals surface area contributed by atoms with Crippen molar-refractivity contribution in [2.45, 2.75) is 89.2 Å². The summed E-state index contributed by atoms with van der Waals surface area (Å²) in [6.07, 6.45) is 5.98. The van der Waals surface area contributed by atoms with Gasteiger partial charge < -0.3 is 9.33 Å². The fourth-order valence-corrected chi connectivity index (χ4v) is 6.32. The minimum atomic E-state index is -1.88. The van der Waals surface area contributed by atoms with Crippen LogP contribution in [-0.4, -0.2) is 62.3 Å². The zero-order valence-corrected chi connectivity index (χ0v) is 22.2. The number of carbonyl (C=O) groups excluding carboxylic acids is 1. The molecule has 1 saturated heterocycles. The number of nitrogens with zero attached hydrogens (tertiary/aromatic N) is 2. The molecule has 1 saturated carbocycles. The molecular formula is C24H39BrN2O2Si. The van der Waals surface area contributed by atoms with Crippen LogP contribution in [0.1, 0.15) is 63.2 Å². The lowest BCUT2D eigenvalue weighted by molar-refractivity contribution is -0.0108. The molecule has 0 aromatic heterocycles. The van der Waals surface area contributed by atoms with Crippen LogP contribution in [0.5, 0.6) is 0 Å². The monoisotopic (exact) mass is 494 g/mol. The average Bonchev–Trinajstić information content (AvgIpc) is 3.20. The van der Waals surface area contributed by atoms with Gasteiger partial charge in [0.15, 0.2) is 8.32 Å². The van der Waals surface area contributed by atoms with E-state index < -0.39 is 8.32 Å². The lowest BCUT2D eigenvalue weighted by Crippen LogP contribution is -2.61. The molecule has 1 aromatic rings. The first-order valence-corrected chi connectivity index (χ1v) is 15.2. The number of amides is 1. The van der Waals surface area contributed by atoms with Gasteiger partial charge in [0.05, 0.1) is 12.1 Å². The summed E-state index contributed by atoms with van der Waals surface area (Å²) in [5.41, 5.74) is 0.758. The minimum absolute atomic E-state index is 0.115. The summed E-state index contributed by atoms with van der Waals surface area (Å²) in [6, 6.07) is 8.22. The van der Waals surface area contributed by atoms with E-state index >= 15 is 0 Å². The first kappa shape index (κ1) is 24.0. The molecule has 0 radical (unpaired) electrons. The van der Waals surface area contributed by atoms with Crippen molar-refractivity contribution in [2.75, 3.05) is 20.1 Å². The number of hydrogen-bond donors (Lipinski definition) is 0. The molecule has 6 heteroatoms. The number of carbonyl (C=O) groups is 1. The van der Waals surface area contributed by atoms with Crippen molar-refractivity contribution in [3.63, 3.8) is 0 Å². The molecule has 0 spiro atoms. The third-order valence-corrected chi connectivity index (χ3v) is 12.5. The molecule has 0 N–H and O–H groups in total. The standard InChI is InChI=1S/C24H39BrN2O2Si/c1-24(2,3)30(5,6)29-21-11-9-10-20(22(21)27-16-7-8-17-27)26(4)23(28)18-12-14-19(25)15-13-18/h12-15,20-22H,7-11,16-17H2,1-6H3/t20-,21+,22+/m0/s1. The molecule has 2 aliphatic rings. The lowest BCUT2D eigenvalue weighted by Gasteiger charge is -2.50. The van der Waals surface area contributed by atoms with Crippen molar-refractivity contribution in [1.29, 1.82) is 0 Å². The molecule has 168 valence electrons. The maximum Gasteiger partial charge on any atom is 0.253 e. The summed E-state index contributed by atoms with van der Waals surface area (Å²) < 4.78 is 8.00. The Labute approximate surface area is 192 Å². The van der Waals surface area contributed by atoms with Crippen LogP contribution in [-0.2, 0) is 4.43 Å². The Balaban J connectivity index is 1.86. The van der Waals surface area contributed by atoms with Gasteiger partial charge in [0.2, 0.25) is 0 Å². The molecule has 1 heterocycles. The van der Waals surface area contributed by atoms with Gasteiger partial charge in [-0.2, -0.15) is 0 Å². The second-order valence-electron chi connectivity index (χ2n) is 10.6. The van der Waals surface area contributed by atoms with Crippen LogP contribution in [0.3, 0.4) is 0 Å². The normalized spacial score (nSPS) is 26.0. The van der Waals surface area contributed by atoms with Gasteiger partial charge in [-0.05, 0) is 87.6 Å². The van der Waals surface area contributed by atoms with Crippen LogP contribution in [0, 0.1) is 0 Å². The van der Waals surface area contributed by atoms with Crippen LogP contribution in [0.15, 0.2) is 28.7 Å². The number of halogens is 1. The summed E-state index contributed by atoms with van der Waals surface area (Å²) >= 11 is 3.47. The van der Waals surface area contributed by atoms with E-state index in [1.54, 1.807) is 0 Å². The van der Waals surface area contributed by atoms with Gasteiger partial charge in [-0.1, -0.05) is 36.7 Å². The fraction of sp³-hybridized carbons (Fsp3) is 0.708. The summed E-state index contributed by atoms with van der Waals surface area (Å²) in [6.45, 7) is 13.9. The Bertz CT molecular complexity index is 726. The highest BCUT2D eigenvalue weighted by Gasteiger charge is 2.46. The summed E-state index contributed by atoms with van der Waals surface area (Å²) in [5, 5.41) is 0.189. The molecule has 0 bridgehead atoms. The van der Waals surface area contributed by atoms with E-state index in [4.69, 9.17) is 4.43 Å². The Morgan fingerprint density at radius 1 is 1.10 bits per heavy atom. The fourth-order valence-electron chi connectivity index (χ4n) is 4.69. The molecule has 4 nitrogen and oxygen atoms in total. The predicted octanol–water partition coefficient (Wildman–Crippen LogP) is 5.93. The van der Waals surface area contributed by atoms with Gasteiger partial charge in [0.25, 0.3) is 5.91 Å². The van der Waals surface area contributed by atoms with Gasteiger partial charge in [0, 0.05) is 23.1 Å². The highest BCUT2D eigenvalue weighted by molar-refractivity contribution is 9.10. The third-order valence-electron chi connectivity index (χ3n) is 7.49. The van der Waals surface area contributed by atoms with Crippen molar-refractivity contribution >= 4 is 30.2 Å². The summed E-state index contributed by atoms with van der Waals surface area (Å²) in [4.78, 5) is 18.0. The van der Waals surface area contributed by atoms with Crippen LogP contribution in [0.4, 0.5) is 0 Å². The second-order valence-corrected chi connectivity index (χ2v) is 16.2. The van der Waals surface area contributed by atoms with Gasteiger partial charge in [-0.15, -0.1) is 0 Å². The lowest BCUT2D eigenvalue weighted by atomic mass is 9.85. The Morgan fingerprint density at radius 2 is 1.70 bits per heavy atom. The molecular weight excluding hydrogens is 456 g/mol. The highest BCUT2D eigenvalue weighted by atomic mass is 79.9. The topological polar surface area (TPSA) is 32.8 Å². The maximum absolute atomic E-state index is 13.3. The number of benzene rings is 1. The molecule has 1 amide bonds. The van der Waals surface area contributed by atoms with Gasteiger partial charge in [-0.25, -0.2) is 0 Å². The van der Waals surface area contributed by atoms with E-state index in [-0.39, 0.29) is 23.1 Å². The highest BCUT2D eigenvalue weighted by Crippen LogP contribution is 2.41. The van der Waals surface area contributed by atoms with Crippen LogP contribution >= 0.6 is 15.9 Å². The Hall–Kier alpha value is -0.693. The van der Waals surface area contributed by atoms with E-state index in [2.05, 4.69) is 54.7 Å². The predicted molar refractivity (Wildman–Crippen MR) is 131 cm³/mol. The number of likely N-dealkylation sites (N-methyl/N-ethyl adjacent to an activating group) is 1. The maximum atomic E-state index is 13.3. The number of hydrogen-bond acceptors (Lipinski definition) is 3. The van der Waals surface area contributed by atoms with Gasteiger partial charge >= 0.3 is 0 Å². The van der Waals surface area contributed by atoms with Crippen molar-refractivity contribution in [2.24, 2.45) is 0 Å².